The van der Waals surface area contributed by atoms with Crippen molar-refractivity contribution in [1.29, 1.82) is 0 Å². The number of hydrogen-bond donors (Lipinski definition) is 1. The molecule has 20 heavy (non-hydrogen) atoms. The van der Waals surface area contributed by atoms with Gasteiger partial charge < -0.3 is 5.32 Å². The second-order valence-electron chi connectivity index (χ2n) is 9.45. The van der Waals surface area contributed by atoms with Crippen molar-refractivity contribution in [2.75, 3.05) is 0 Å². The van der Waals surface area contributed by atoms with Crippen molar-refractivity contribution in [3.05, 3.63) is 0 Å². The Morgan fingerprint density at radius 3 is 2.15 bits per heavy atom. The Balaban J connectivity index is 1.31. The van der Waals surface area contributed by atoms with Crippen LogP contribution in [0.15, 0.2) is 0 Å². The fourth-order valence-corrected chi connectivity index (χ4v) is 6.15. The summed E-state index contributed by atoms with van der Waals surface area (Å²) in [6, 6.07) is 1.79. The van der Waals surface area contributed by atoms with Crippen LogP contribution in [0.2, 0.25) is 0 Å². The molecule has 0 aliphatic heterocycles. The molecule has 4 saturated carbocycles. The van der Waals surface area contributed by atoms with Gasteiger partial charge in [-0.05, 0) is 80.0 Å². The molecule has 0 saturated heterocycles. The lowest BCUT2D eigenvalue weighted by molar-refractivity contribution is 0.213. The maximum atomic E-state index is 4.11. The molecule has 0 aromatic rings. The highest BCUT2D eigenvalue weighted by atomic mass is 15.0. The van der Waals surface area contributed by atoms with Gasteiger partial charge in [-0.25, -0.2) is 0 Å². The van der Waals surface area contributed by atoms with Crippen LogP contribution in [0, 0.1) is 35.0 Å². The first kappa shape index (κ1) is 13.6. The lowest BCUT2D eigenvalue weighted by atomic mass is 9.76. The van der Waals surface area contributed by atoms with E-state index in [1.165, 1.54) is 32.1 Å². The average Bonchev–Trinajstić information content (AvgIpc) is 2.85. The van der Waals surface area contributed by atoms with Gasteiger partial charge in [0.25, 0.3) is 0 Å². The van der Waals surface area contributed by atoms with Crippen LogP contribution in [0.25, 0.3) is 0 Å². The maximum Gasteiger partial charge on any atom is 0.0138 e. The molecular formula is C19H33N. The summed E-state index contributed by atoms with van der Waals surface area (Å²) < 4.78 is 0. The van der Waals surface area contributed by atoms with E-state index >= 15 is 0 Å². The minimum Gasteiger partial charge on any atom is -0.311 e. The predicted molar refractivity (Wildman–Crippen MR) is 84.6 cm³/mol. The Morgan fingerprint density at radius 2 is 1.50 bits per heavy atom. The smallest absolute Gasteiger partial charge is 0.0138 e. The van der Waals surface area contributed by atoms with Gasteiger partial charge in [0, 0.05) is 12.1 Å². The first-order valence-corrected chi connectivity index (χ1v) is 9.30. The molecule has 2 bridgehead atoms. The van der Waals surface area contributed by atoms with Gasteiger partial charge in [-0.15, -0.1) is 0 Å². The monoisotopic (exact) mass is 275 g/mol. The Morgan fingerprint density at radius 1 is 0.800 bits per heavy atom. The quantitative estimate of drug-likeness (QED) is 0.725. The third-order valence-electron chi connectivity index (χ3n) is 7.36. The zero-order valence-electron chi connectivity index (χ0n) is 13.7. The van der Waals surface area contributed by atoms with Crippen molar-refractivity contribution in [3.8, 4) is 0 Å². The van der Waals surface area contributed by atoms with Crippen molar-refractivity contribution < 1.29 is 0 Å². The van der Waals surface area contributed by atoms with Crippen LogP contribution in [-0.2, 0) is 0 Å². The van der Waals surface area contributed by atoms with Crippen LogP contribution in [0.3, 0.4) is 0 Å². The molecule has 0 amide bonds. The highest BCUT2D eigenvalue weighted by Gasteiger charge is 2.64. The van der Waals surface area contributed by atoms with Gasteiger partial charge in [0.15, 0.2) is 0 Å². The predicted octanol–water partition coefficient (Wildman–Crippen LogP) is 4.62. The van der Waals surface area contributed by atoms with Crippen LogP contribution in [0.5, 0.6) is 0 Å². The third kappa shape index (κ3) is 2.25. The molecular weight excluding hydrogens is 242 g/mol. The molecule has 1 N–H and O–H groups in total. The summed E-state index contributed by atoms with van der Waals surface area (Å²) in [6.45, 7) is 7.32. The first-order chi connectivity index (χ1) is 9.54. The van der Waals surface area contributed by atoms with Gasteiger partial charge in [0.1, 0.15) is 0 Å². The minimum absolute atomic E-state index is 0.518. The van der Waals surface area contributed by atoms with Crippen LogP contribution in [-0.4, -0.2) is 12.1 Å². The largest absolute Gasteiger partial charge is 0.311 e. The summed E-state index contributed by atoms with van der Waals surface area (Å²) in [5.41, 5.74) is 0.518. The standard InChI is InChI=1S/C19H33N/c1-19(2,3)14-5-4-6-15(10-9-14)20-18-16-12-7-8-13(11-12)17(16)18/h12-18,20H,4-11H2,1-3H3. The van der Waals surface area contributed by atoms with Crippen LogP contribution < -0.4 is 5.32 Å². The number of hydrogen-bond acceptors (Lipinski definition) is 1. The molecule has 0 heterocycles. The van der Waals surface area contributed by atoms with Gasteiger partial charge in [-0.3, -0.25) is 0 Å². The zero-order valence-corrected chi connectivity index (χ0v) is 13.7. The van der Waals surface area contributed by atoms with Crippen molar-refractivity contribution >= 4 is 0 Å². The van der Waals surface area contributed by atoms with E-state index in [1.807, 2.05) is 0 Å². The highest BCUT2D eigenvalue weighted by Crippen LogP contribution is 2.65. The van der Waals surface area contributed by atoms with Gasteiger partial charge >= 0.3 is 0 Å². The number of fused-ring (bicyclic) bond motifs is 5. The molecule has 4 aliphatic rings. The Hall–Kier alpha value is -0.0400. The molecule has 4 fully saturated rings. The van der Waals surface area contributed by atoms with Gasteiger partial charge in [0.05, 0.1) is 0 Å². The molecule has 4 rings (SSSR count). The molecule has 0 aromatic carbocycles. The van der Waals surface area contributed by atoms with Gasteiger partial charge in [0.2, 0.25) is 0 Å². The molecule has 1 nitrogen and oxygen atoms in total. The second-order valence-corrected chi connectivity index (χ2v) is 9.45. The molecule has 0 aromatic heterocycles. The normalized spacial score (nSPS) is 50.9. The Labute approximate surface area is 125 Å². The van der Waals surface area contributed by atoms with Crippen LogP contribution in [0.1, 0.15) is 72.1 Å². The molecule has 4 aliphatic carbocycles. The van der Waals surface area contributed by atoms with E-state index in [0.29, 0.717) is 5.41 Å². The van der Waals surface area contributed by atoms with Crippen LogP contribution >= 0.6 is 0 Å². The lowest BCUT2D eigenvalue weighted by Crippen LogP contribution is -2.34. The van der Waals surface area contributed by atoms with E-state index in [1.54, 1.807) is 19.3 Å². The van der Waals surface area contributed by atoms with Crippen LogP contribution in [0.4, 0.5) is 0 Å². The van der Waals surface area contributed by atoms with Crippen molar-refractivity contribution in [2.45, 2.75) is 84.2 Å². The summed E-state index contributed by atoms with van der Waals surface area (Å²) in [4.78, 5) is 0. The zero-order chi connectivity index (χ0) is 13.9. The topological polar surface area (TPSA) is 12.0 Å². The van der Waals surface area contributed by atoms with Crippen molar-refractivity contribution in [1.82, 2.24) is 5.32 Å². The molecule has 6 unspecified atom stereocenters. The fraction of sp³-hybridized carbons (Fsp3) is 1.00. The first-order valence-electron chi connectivity index (χ1n) is 9.30. The summed E-state index contributed by atoms with van der Waals surface area (Å²) in [7, 11) is 0. The molecule has 6 atom stereocenters. The lowest BCUT2D eigenvalue weighted by Gasteiger charge is -2.29. The van der Waals surface area contributed by atoms with E-state index < -0.39 is 0 Å². The van der Waals surface area contributed by atoms with Gasteiger partial charge in [-0.1, -0.05) is 27.2 Å². The maximum absolute atomic E-state index is 4.11. The Kier molecular flexibility index (Phi) is 3.22. The fourth-order valence-electron chi connectivity index (χ4n) is 6.15. The summed E-state index contributed by atoms with van der Waals surface area (Å²) in [6.07, 6.45) is 12.0. The average molecular weight is 275 g/mol. The molecule has 0 spiro atoms. The summed E-state index contributed by atoms with van der Waals surface area (Å²) >= 11 is 0. The number of nitrogens with one attached hydrogen (secondary N) is 1. The molecule has 114 valence electrons. The highest BCUT2D eigenvalue weighted by molar-refractivity contribution is 5.17. The van der Waals surface area contributed by atoms with E-state index in [4.69, 9.17) is 0 Å². The molecule has 0 radical (unpaired) electrons. The Bertz CT molecular complexity index is 352. The van der Waals surface area contributed by atoms with E-state index in [9.17, 15) is 0 Å². The summed E-state index contributed by atoms with van der Waals surface area (Å²) in [5.74, 6) is 5.40. The number of rotatable bonds is 2. The van der Waals surface area contributed by atoms with E-state index in [-0.39, 0.29) is 0 Å². The summed E-state index contributed by atoms with van der Waals surface area (Å²) in [5, 5.41) is 4.11. The van der Waals surface area contributed by atoms with Gasteiger partial charge in [-0.2, -0.15) is 0 Å². The second kappa shape index (κ2) is 4.73. The molecule has 1 heteroatoms. The van der Waals surface area contributed by atoms with E-state index in [2.05, 4.69) is 26.1 Å². The SMILES string of the molecule is CC(C)(C)C1CCCC(NC2C3C4CCC(C4)C23)CC1. The van der Waals surface area contributed by atoms with Crippen molar-refractivity contribution in [2.24, 2.45) is 35.0 Å². The third-order valence-corrected chi connectivity index (χ3v) is 7.36. The minimum atomic E-state index is 0.518. The van der Waals surface area contributed by atoms with E-state index in [0.717, 1.165) is 41.7 Å². The van der Waals surface area contributed by atoms with Crippen molar-refractivity contribution in [3.63, 3.8) is 0 Å².